The third-order valence-corrected chi connectivity index (χ3v) is 4.76. The first-order valence-electron chi connectivity index (χ1n) is 3.90. The summed E-state index contributed by atoms with van der Waals surface area (Å²) in [6.45, 7) is 0. The van der Waals surface area contributed by atoms with Gasteiger partial charge in [-0.25, -0.2) is 0 Å². The van der Waals surface area contributed by atoms with E-state index >= 15 is 0 Å². The average molecular weight is 355 g/mol. The highest BCUT2D eigenvalue weighted by Crippen LogP contribution is 2.27. The standard InChI is InChI=1S/C6H6O9S3.ClH/c7-16(8,9)4-2-1-3-5(17(10,11)12)6(4)18(13,14)15;/h1-3H,(H,7,8,9)(H,10,11,12)(H,13,14,15);1H. The van der Waals surface area contributed by atoms with Gasteiger partial charge in [-0.05, 0) is 12.1 Å². The monoisotopic (exact) mass is 354 g/mol. The molecule has 110 valence electrons. The Morgan fingerprint density at radius 3 is 1.21 bits per heavy atom. The summed E-state index contributed by atoms with van der Waals surface area (Å²) in [5.74, 6) is 0. The van der Waals surface area contributed by atoms with Crippen molar-refractivity contribution in [2.45, 2.75) is 14.7 Å². The Hall–Kier alpha value is -0.760. The quantitative estimate of drug-likeness (QED) is 0.626. The second-order valence-corrected chi connectivity index (χ2v) is 7.15. The zero-order chi connectivity index (χ0) is 14.4. The first-order chi connectivity index (χ1) is 7.85. The molecule has 0 spiro atoms. The molecule has 1 rings (SSSR count). The van der Waals surface area contributed by atoms with Gasteiger partial charge in [-0.3, -0.25) is 13.7 Å². The molecule has 0 aliphatic carbocycles. The van der Waals surface area contributed by atoms with Gasteiger partial charge >= 0.3 is 0 Å². The van der Waals surface area contributed by atoms with Crippen LogP contribution in [0.4, 0.5) is 0 Å². The smallest absolute Gasteiger partial charge is 0.282 e. The van der Waals surface area contributed by atoms with Crippen molar-refractivity contribution in [1.82, 2.24) is 0 Å². The van der Waals surface area contributed by atoms with Gasteiger partial charge in [-0.15, -0.1) is 12.4 Å². The lowest BCUT2D eigenvalue weighted by Crippen LogP contribution is -2.14. The Balaban J connectivity index is 0.00000324. The van der Waals surface area contributed by atoms with Gasteiger partial charge in [0.05, 0.1) is 0 Å². The van der Waals surface area contributed by atoms with Gasteiger partial charge < -0.3 is 0 Å². The molecular formula is C6H7ClO9S3. The molecule has 13 heteroatoms. The minimum Gasteiger partial charge on any atom is -0.282 e. The minimum atomic E-state index is -5.31. The predicted octanol–water partition coefficient (Wildman–Crippen LogP) is -0.151. The highest BCUT2D eigenvalue weighted by molar-refractivity contribution is 7.90. The summed E-state index contributed by atoms with van der Waals surface area (Å²) in [5.41, 5.74) is 0. The maximum Gasteiger partial charge on any atom is 0.297 e. The van der Waals surface area contributed by atoms with Gasteiger partial charge in [0.25, 0.3) is 30.4 Å². The SMILES string of the molecule is Cl.O=S(=O)(O)c1cccc(S(=O)(=O)O)c1S(=O)(=O)O. The van der Waals surface area contributed by atoms with E-state index in [2.05, 4.69) is 0 Å². The van der Waals surface area contributed by atoms with E-state index in [9.17, 15) is 25.3 Å². The van der Waals surface area contributed by atoms with Crippen LogP contribution in [0.1, 0.15) is 0 Å². The fraction of sp³-hybridized carbons (Fsp3) is 0. The summed E-state index contributed by atoms with van der Waals surface area (Å²) >= 11 is 0. The lowest BCUT2D eigenvalue weighted by atomic mass is 10.4. The van der Waals surface area contributed by atoms with Crippen molar-refractivity contribution in [2.75, 3.05) is 0 Å². The van der Waals surface area contributed by atoms with Crippen molar-refractivity contribution in [3.63, 3.8) is 0 Å². The molecule has 0 atom stereocenters. The molecule has 0 unspecified atom stereocenters. The van der Waals surface area contributed by atoms with Crippen LogP contribution in [-0.2, 0) is 30.4 Å². The van der Waals surface area contributed by atoms with Crippen molar-refractivity contribution >= 4 is 42.8 Å². The lowest BCUT2D eigenvalue weighted by Gasteiger charge is -2.08. The van der Waals surface area contributed by atoms with Gasteiger partial charge in [0, 0.05) is 0 Å². The predicted molar refractivity (Wildman–Crippen MR) is 63.1 cm³/mol. The third kappa shape index (κ3) is 4.10. The summed E-state index contributed by atoms with van der Waals surface area (Å²) in [6.07, 6.45) is 0. The van der Waals surface area contributed by atoms with Gasteiger partial charge in [0.1, 0.15) is 14.7 Å². The van der Waals surface area contributed by atoms with E-state index in [-0.39, 0.29) is 12.4 Å². The molecule has 0 radical (unpaired) electrons. The summed E-state index contributed by atoms with van der Waals surface area (Å²) < 4.78 is 91.8. The van der Waals surface area contributed by atoms with Crippen LogP contribution in [0.5, 0.6) is 0 Å². The Bertz CT molecular complexity index is 740. The average Bonchev–Trinajstić information content (AvgIpc) is 2.12. The summed E-state index contributed by atoms with van der Waals surface area (Å²) in [6, 6.07) is 1.86. The van der Waals surface area contributed by atoms with Crippen molar-refractivity contribution < 1.29 is 38.9 Å². The van der Waals surface area contributed by atoms with Crippen molar-refractivity contribution in [3.8, 4) is 0 Å². The Labute approximate surface area is 114 Å². The molecule has 1 aromatic rings. The van der Waals surface area contributed by atoms with Crippen LogP contribution in [0.15, 0.2) is 32.9 Å². The molecule has 0 aliphatic rings. The van der Waals surface area contributed by atoms with E-state index in [1.807, 2.05) is 0 Å². The largest absolute Gasteiger partial charge is 0.297 e. The van der Waals surface area contributed by atoms with Crippen molar-refractivity contribution in [2.24, 2.45) is 0 Å². The Kier molecular flexibility index (Phi) is 5.11. The molecule has 0 aliphatic heterocycles. The molecule has 0 saturated heterocycles. The van der Waals surface area contributed by atoms with Gasteiger partial charge in [-0.2, -0.15) is 25.3 Å². The summed E-state index contributed by atoms with van der Waals surface area (Å²) in [7, 11) is -15.5. The lowest BCUT2D eigenvalue weighted by molar-refractivity contribution is 0.456. The van der Waals surface area contributed by atoms with E-state index in [0.717, 1.165) is 6.07 Å². The topological polar surface area (TPSA) is 163 Å². The molecule has 19 heavy (non-hydrogen) atoms. The second kappa shape index (κ2) is 5.32. The van der Waals surface area contributed by atoms with Crippen LogP contribution in [0.25, 0.3) is 0 Å². The first kappa shape index (κ1) is 18.2. The first-order valence-corrected chi connectivity index (χ1v) is 8.22. The highest BCUT2D eigenvalue weighted by Gasteiger charge is 2.31. The summed E-state index contributed by atoms with van der Waals surface area (Å²) in [5, 5.41) is 0. The van der Waals surface area contributed by atoms with Crippen LogP contribution in [0, 0.1) is 0 Å². The fourth-order valence-corrected chi connectivity index (χ4v) is 4.32. The van der Waals surface area contributed by atoms with Crippen LogP contribution in [0.2, 0.25) is 0 Å². The van der Waals surface area contributed by atoms with E-state index in [0.29, 0.717) is 12.1 Å². The van der Waals surface area contributed by atoms with Crippen molar-refractivity contribution in [3.05, 3.63) is 18.2 Å². The maximum atomic E-state index is 11.0. The van der Waals surface area contributed by atoms with Crippen molar-refractivity contribution in [1.29, 1.82) is 0 Å². The molecule has 0 fully saturated rings. The summed E-state index contributed by atoms with van der Waals surface area (Å²) in [4.78, 5) is -4.34. The second-order valence-electron chi connectivity index (χ2n) is 3.01. The molecular weight excluding hydrogens is 348 g/mol. The van der Waals surface area contributed by atoms with Crippen LogP contribution >= 0.6 is 12.4 Å². The maximum absolute atomic E-state index is 11.0. The van der Waals surface area contributed by atoms with Gasteiger partial charge in [0.15, 0.2) is 0 Å². The number of hydrogen-bond acceptors (Lipinski definition) is 6. The van der Waals surface area contributed by atoms with Crippen LogP contribution in [-0.4, -0.2) is 38.9 Å². The number of rotatable bonds is 3. The van der Waals surface area contributed by atoms with Crippen LogP contribution < -0.4 is 0 Å². The van der Waals surface area contributed by atoms with Crippen LogP contribution in [0.3, 0.4) is 0 Å². The minimum absolute atomic E-state index is 0. The molecule has 9 nitrogen and oxygen atoms in total. The molecule has 0 saturated carbocycles. The molecule has 1 aromatic carbocycles. The Morgan fingerprint density at radius 1 is 0.684 bits per heavy atom. The molecule has 0 bridgehead atoms. The third-order valence-electron chi connectivity index (χ3n) is 1.76. The fourth-order valence-electron chi connectivity index (χ4n) is 1.16. The zero-order valence-corrected chi connectivity index (χ0v) is 11.9. The van der Waals surface area contributed by atoms with E-state index in [1.165, 1.54) is 0 Å². The highest BCUT2D eigenvalue weighted by atomic mass is 35.5. The van der Waals surface area contributed by atoms with E-state index in [1.54, 1.807) is 0 Å². The number of benzene rings is 1. The number of hydrogen-bond donors (Lipinski definition) is 3. The zero-order valence-electron chi connectivity index (χ0n) is 8.66. The molecule has 0 amide bonds. The molecule has 3 N–H and O–H groups in total. The van der Waals surface area contributed by atoms with Gasteiger partial charge in [0.2, 0.25) is 0 Å². The number of halogens is 1. The van der Waals surface area contributed by atoms with E-state index in [4.69, 9.17) is 13.7 Å². The molecule has 0 aromatic heterocycles. The normalized spacial score (nSPS) is 12.8. The van der Waals surface area contributed by atoms with Gasteiger partial charge in [-0.1, -0.05) is 6.07 Å². The van der Waals surface area contributed by atoms with E-state index < -0.39 is 45.0 Å². The molecule has 0 heterocycles. The Morgan fingerprint density at radius 2 is 1.00 bits per heavy atom.